The van der Waals surface area contributed by atoms with Crippen molar-refractivity contribution in [1.82, 2.24) is 4.98 Å². The number of nitrogens with one attached hydrogen (secondary N) is 1. The van der Waals surface area contributed by atoms with Gasteiger partial charge in [-0.3, -0.25) is 9.78 Å². The van der Waals surface area contributed by atoms with E-state index >= 15 is 0 Å². The second-order valence-electron chi connectivity index (χ2n) is 6.23. The zero-order chi connectivity index (χ0) is 19.6. The van der Waals surface area contributed by atoms with Crippen molar-refractivity contribution in [2.24, 2.45) is 0 Å². The van der Waals surface area contributed by atoms with Gasteiger partial charge in [0.15, 0.2) is 6.61 Å². The number of benzene rings is 1. The van der Waals surface area contributed by atoms with E-state index in [2.05, 4.69) is 4.98 Å². The lowest BCUT2D eigenvalue weighted by Crippen LogP contribution is -2.38. The summed E-state index contributed by atoms with van der Waals surface area (Å²) in [4.78, 5) is 18.1. The van der Waals surface area contributed by atoms with Crippen LogP contribution in [0.4, 0.5) is 5.69 Å². The average Bonchev–Trinajstić information content (AvgIpc) is 2.64. The summed E-state index contributed by atoms with van der Waals surface area (Å²) in [6, 6.07) is 7.10. The summed E-state index contributed by atoms with van der Waals surface area (Å²) >= 11 is 0. The largest absolute Gasteiger partial charge is 0.512 e. The van der Waals surface area contributed by atoms with Crippen LogP contribution in [0, 0.1) is 5.41 Å². The molecule has 1 aromatic heterocycles. The molecule has 0 aliphatic carbocycles. The maximum atomic E-state index is 12.5. The fourth-order valence-electron chi connectivity index (χ4n) is 3.10. The van der Waals surface area contributed by atoms with Crippen molar-refractivity contribution in [1.29, 1.82) is 5.41 Å². The molecule has 7 nitrogen and oxygen atoms in total. The van der Waals surface area contributed by atoms with Gasteiger partial charge in [-0.15, -0.1) is 0 Å². The Kier molecular flexibility index (Phi) is 5.12. The Hall–Kier alpha value is -3.35. The van der Waals surface area contributed by atoms with Crippen molar-refractivity contribution in [3.05, 3.63) is 53.5 Å². The minimum absolute atomic E-state index is 0.0151. The van der Waals surface area contributed by atoms with Crippen LogP contribution in [0.15, 0.2) is 42.4 Å². The number of pyridine rings is 1. The van der Waals surface area contributed by atoms with E-state index in [1.165, 1.54) is 14.0 Å². The number of fused-ring (bicyclic) bond motifs is 1. The van der Waals surface area contributed by atoms with Crippen LogP contribution < -0.4 is 14.4 Å². The van der Waals surface area contributed by atoms with Crippen molar-refractivity contribution < 1.29 is 19.4 Å². The Bertz CT molecular complexity index is 918. The first kappa shape index (κ1) is 18.4. The molecule has 0 radical (unpaired) electrons. The van der Waals surface area contributed by atoms with Gasteiger partial charge in [-0.05, 0) is 37.6 Å². The van der Waals surface area contributed by atoms with Crippen molar-refractivity contribution in [3.8, 4) is 11.5 Å². The summed E-state index contributed by atoms with van der Waals surface area (Å²) < 4.78 is 11.1. The molecule has 0 saturated heterocycles. The van der Waals surface area contributed by atoms with Crippen molar-refractivity contribution in [2.75, 3.05) is 18.6 Å². The molecule has 0 bridgehead atoms. The molecule has 2 N–H and O–H groups in total. The molecule has 0 unspecified atom stereocenters. The summed E-state index contributed by atoms with van der Waals surface area (Å²) in [6.07, 6.45) is 3.36. The van der Waals surface area contributed by atoms with Crippen LogP contribution in [0.2, 0.25) is 0 Å². The fraction of sp³-hybridized carbons (Fsp3) is 0.250. The Labute approximate surface area is 157 Å². The number of allylic oxidation sites excluding steroid dienone is 2. The van der Waals surface area contributed by atoms with E-state index in [-0.39, 0.29) is 24.0 Å². The van der Waals surface area contributed by atoms with Gasteiger partial charge in [0.25, 0.3) is 5.91 Å². The smallest absolute Gasteiger partial charge is 0.265 e. The molecule has 0 fully saturated rings. The highest BCUT2D eigenvalue weighted by Gasteiger charge is 2.28. The van der Waals surface area contributed by atoms with E-state index in [0.29, 0.717) is 34.9 Å². The zero-order valence-corrected chi connectivity index (χ0v) is 15.4. The summed E-state index contributed by atoms with van der Waals surface area (Å²) in [5.41, 5.74) is 2.64. The number of hydrogen-bond donors (Lipinski definition) is 2. The third-order valence-electron chi connectivity index (χ3n) is 4.32. The number of anilines is 1. The lowest BCUT2D eigenvalue weighted by Gasteiger charge is -2.30. The van der Waals surface area contributed by atoms with E-state index < -0.39 is 0 Å². The number of methoxy groups -OCH3 is 1. The number of hydrogen-bond acceptors (Lipinski definition) is 6. The highest BCUT2D eigenvalue weighted by Crippen LogP contribution is 2.41. The normalized spacial score (nSPS) is 14.2. The molecule has 1 aliphatic rings. The minimum Gasteiger partial charge on any atom is -0.512 e. The molecule has 1 aromatic carbocycles. The van der Waals surface area contributed by atoms with E-state index in [0.717, 1.165) is 5.56 Å². The first-order chi connectivity index (χ1) is 12.9. The van der Waals surface area contributed by atoms with Crippen molar-refractivity contribution in [3.63, 3.8) is 0 Å². The van der Waals surface area contributed by atoms with Gasteiger partial charge in [0.1, 0.15) is 11.5 Å². The van der Waals surface area contributed by atoms with Crippen LogP contribution in [-0.2, 0) is 11.3 Å². The van der Waals surface area contributed by atoms with Gasteiger partial charge in [-0.2, -0.15) is 0 Å². The molecule has 140 valence electrons. The van der Waals surface area contributed by atoms with E-state index in [9.17, 15) is 9.90 Å². The Morgan fingerprint density at radius 1 is 1.33 bits per heavy atom. The van der Waals surface area contributed by atoms with Crippen LogP contribution in [0.5, 0.6) is 11.5 Å². The standard InChI is InChI=1S/C20H21N3O4/c1-12(21)20(13(2)24)15-8-18-16(9-17(15)26-3)23(19(25)11-27-18)10-14-4-6-22-7-5-14/h4-9,21,24H,10-11H2,1-3H3/b20-13+,21-12?. The van der Waals surface area contributed by atoms with Gasteiger partial charge in [0.2, 0.25) is 0 Å². The maximum absolute atomic E-state index is 12.5. The number of rotatable bonds is 5. The molecule has 27 heavy (non-hydrogen) atoms. The molecular formula is C20H21N3O4. The molecule has 1 amide bonds. The third-order valence-corrected chi connectivity index (χ3v) is 4.32. The van der Waals surface area contributed by atoms with Gasteiger partial charge in [0.05, 0.1) is 25.1 Å². The summed E-state index contributed by atoms with van der Waals surface area (Å²) in [7, 11) is 1.51. The predicted octanol–water partition coefficient (Wildman–Crippen LogP) is 3.34. The first-order valence-corrected chi connectivity index (χ1v) is 8.42. The number of ether oxygens (including phenoxy) is 2. The molecule has 2 heterocycles. The molecule has 1 aliphatic heterocycles. The van der Waals surface area contributed by atoms with Crippen molar-refractivity contribution in [2.45, 2.75) is 20.4 Å². The maximum Gasteiger partial charge on any atom is 0.265 e. The number of nitrogens with zero attached hydrogens (tertiary/aromatic N) is 2. The second kappa shape index (κ2) is 7.49. The highest BCUT2D eigenvalue weighted by atomic mass is 16.5. The quantitative estimate of drug-likeness (QED) is 0.624. The highest BCUT2D eigenvalue weighted by molar-refractivity contribution is 6.22. The van der Waals surface area contributed by atoms with Gasteiger partial charge >= 0.3 is 0 Å². The van der Waals surface area contributed by atoms with Crippen LogP contribution in [-0.4, -0.2) is 35.4 Å². The van der Waals surface area contributed by atoms with Gasteiger partial charge in [-0.25, -0.2) is 0 Å². The van der Waals surface area contributed by atoms with Crippen LogP contribution in [0.3, 0.4) is 0 Å². The monoisotopic (exact) mass is 367 g/mol. The summed E-state index contributed by atoms with van der Waals surface area (Å²) in [5, 5.41) is 18.0. The molecule has 0 spiro atoms. The molecule has 7 heteroatoms. The number of amides is 1. The summed E-state index contributed by atoms with van der Waals surface area (Å²) in [5.74, 6) is 0.800. The van der Waals surface area contributed by atoms with Gasteiger partial charge in [-0.1, -0.05) is 0 Å². The Morgan fingerprint density at radius 2 is 2.04 bits per heavy atom. The van der Waals surface area contributed by atoms with Gasteiger partial charge < -0.3 is 24.9 Å². The Morgan fingerprint density at radius 3 is 2.63 bits per heavy atom. The van der Waals surface area contributed by atoms with Gasteiger partial charge in [0, 0.05) is 35.3 Å². The lowest BCUT2D eigenvalue weighted by atomic mass is 9.98. The predicted molar refractivity (Wildman–Crippen MR) is 103 cm³/mol. The Balaban J connectivity index is 2.10. The fourth-order valence-corrected chi connectivity index (χ4v) is 3.10. The first-order valence-electron chi connectivity index (χ1n) is 8.42. The number of aliphatic hydroxyl groups excluding tert-OH is 1. The molecular weight excluding hydrogens is 346 g/mol. The van der Waals surface area contributed by atoms with E-state index in [1.807, 2.05) is 12.1 Å². The number of aliphatic hydroxyl groups is 1. The summed E-state index contributed by atoms with van der Waals surface area (Å²) in [6.45, 7) is 3.41. The second-order valence-corrected chi connectivity index (χ2v) is 6.23. The van der Waals surface area contributed by atoms with E-state index in [4.69, 9.17) is 14.9 Å². The SMILES string of the molecule is COc1cc2c(cc1/C(C(C)=N)=C(\C)O)OCC(=O)N2Cc1ccncc1. The zero-order valence-electron chi connectivity index (χ0n) is 15.4. The number of carbonyl (C=O) groups excluding carboxylic acids is 1. The van der Waals surface area contributed by atoms with Crippen LogP contribution in [0.1, 0.15) is 25.0 Å². The molecule has 3 rings (SSSR count). The van der Waals surface area contributed by atoms with E-state index in [1.54, 1.807) is 36.4 Å². The number of carbonyl (C=O) groups is 1. The lowest BCUT2D eigenvalue weighted by molar-refractivity contribution is -0.121. The van der Waals surface area contributed by atoms with Crippen LogP contribution in [0.25, 0.3) is 5.57 Å². The molecule has 2 aromatic rings. The van der Waals surface area contributed by atoms with Crippen molar-refractivity contribution >= 4 is 22.9 Å². The number of aromatic nitrogens is 1. The van der Waals surface area contributed by atoms with Crippen LogP contribution >= 0.6 is 0 Å². The molecule has 0 atom stereocenters. The minimum atomic E-state index is -0.161. The topological polar surface area (TPSA) is 95.7 Å². The average molecular weight is 367 g/mol. The molecule has 0 saturated carbocycles. The third kappa shape index (κ3) is 3.62.